The SMILES string of the molecule is CCn1ncc(C(=O)N2c3ccncc3C[C@@H]2C)c1C. The molecule has 0 saturated carbocycles. The first-order chi connectivity index (χ1) is 9.63. The summed E-state index contributed by atoms with van der Waals surface area (Å²) in [5.74, 6) is 0.0275. The second-order valence-corrected chi connectivity index (χ2v) is 5.19. The van der Waals surface area contributed by atoms with Crippen LogP contribution in [0.15, 0.2) is 24.7 Å². The third kappa shape index (κ3) is 1.81. The normalized spacial score (nSPS) is 17.4. The van der Waals surface area contributed by atoms with Crippen LogP contribution in [0.4, 0.5) is 5.69 Å². The lowest BCUT2D eigenvalue weighted by Crippen LogP contribution is -2.36. The second-order valence-electron chi connectivity index (χ2n) is 5.19. The molecule has 104 valence electrons. The van der Waals surface area contributed by atoms with Crippen LogP contribution in [-0.2, 0) is 13.0 Å². The van der Waals surface area contributed by atoms with Gasteiger partial charge in [-0.3, -0.25) is 14.5 Å². The van der Waals surface area contributed by atoms with E-state index in [0.717, 1.165) is 29.9 Å². The molecule has 1 amide bonds. The molecule has 5 nitrogen and oxygen atoms in total. The van der Waals surface area contributed by atoms with Gasteiger partial charge in [-0.15, -0.1) is 0 Å². The third-order valence-corrected chi connectivity index (χ3v) is 3.95. The monoisotopic (exact) mass is 270 g/mol. The molecule has 0 saturated heterocycles. The maximum atomic E-state index is 12.8. The Bertz CT molecular complexity index is 662. The van der Waals surface area contributed by atoms with E-state index in [0.29, 0.717) is 5.56 Å². The number of hydrogen-bond acceptors (Lipinski definition) is 3. The minimum atomic E-state index is 0.0275. The zero-order valence-electron chi connectivity index (χ0n) is 12.0. The Morgan fingerprint density at radius 3 is 2.95 bits per heavy atom. The van der Waals surface area contributed by atoms with Gasteiger partial charge in [0, 0.05) is 30.7 Å². The quantitative estimate of drug-likeness (QED) is 0.840. The van der Waals surface area contributed by atoms with Gasteiger partial charge in [0.15, 0.2) is 0 Å². The van der Waals surface area contributed by atoms with Gasteiger partial charge in [-0.25, -0.2) is 0 Å². The van der Waals surface area contributed by atoms with E-state index in [1.54, 1.807) is 12.4 Å². The molecule has 0 N–H and O–H groups in total. The van der Waals surface area contributed by atoms with Gasteiger partial charge in [0.2, 0.25) is 0 Å². The van der Waals surface area contributed by atoms with Gasteiger partial charge < -0.3 is 4.90 Å². The number of aryl methyl sites for hydroxylation is 1. The van der Waals surface area contributed by atoms with Crippen molar-refractivity contribution >= 4 is 11.6 Å². The van der Waals surface area contributed by atoms with Gasteiger partial charge in [0.25, 0.3) is 5.91 Å². The summed E-state index contributed by atoms with van der Waals surface area (Å²) in [6, 6.07) is 2.07. The van der Waals surface area contributed by atoms with Gasteiger partial charge in [-0.05, 0) is 38.8 Å². The molecule has 0 spiro atoms. The molecule has 0 unspecified atom stereocenters. The highest BCUT2D eigenvalue weighted by atomic mass is 16.2. The average Bonchev–Trinajstić information content (AvgIpc) is 2.97. The van der Waals surface area contributed by atoms with Gasteiger partial charge in [0.1, 0.15) is 0 Å². The number of nitrogens with zero attached hydrogens (tertiary/aromatic N) is 4. The molecular weight excluding hydrogens is 252 g/mol. The lowest BCUT2D eigenvalue weighted by molar-refractivity contribution is 0.0981. The number of fused-ring (bicyclic) bond motifs is 1. The molecule has 0 radical (unpaired) electrons. The van der Waals surface area contributed by atoms with Gasteiger partial charge in [-0.2, -0.15) is 5.10 Å². The first-order valence-electron chi connectivity index (χ1n) is 6.92. The zero-order chi connectivity index (χ0) is 14.3. The number of pyridine rings is 1. The van der Waals surface area contributed by atoms with Crippen molar-refractivity contribution in [3.8, 4) is 0 Å². The smallest absolute Gasteiger partial charge is 0.262 e. The number of carbonyl (C=O) groups is 1. The van der Waals surface area contributed by atoms with Gasteiger partial charge >= 0.3 is 0 Å². The van der Waals surface area contributed by atoms with Crippen molar-refractivity contribution in [1.29, 1.82) is 0 Å². The maximum absolute atomic E-state index is 12.8. The fraction of sp³-hybridized carbons (Fsp3) is 0.400. The summed E-state index contributed by atoms with van der Waals surface area (Å²) in [4.78, 5) is 18.8. The van der Waals surface area contributed by atoms with Crippen LogP contribution < -0.4 is 4.90 Å². The summed E-state index contributed by atoms with van der Waals surface area (Å²) in [5.41, 5.74) is 3.71. The molecule has 0 aromatic carbocycles. The number of hydrogen-bond donors (Lipinski definition) is 0. The second kappa shape index (κ2) is 4.74. The molecule has 1 atom stereocenters. The van der Waals surface area contributed by atoms with Gasteiger partial charge in [0.05, 0.1) is 17.4 Å². The van der Waals surface area contributed by atoms with Crippen molar-refractivity contribution in [1.82, 2.24) is 14.8 Å². The fourth-order valence-corrected chi connectivity index (χ4v) is 2.87. The standard InChI is InChI=1S/C15H18N4O/c1-4-18-11(3)13(9-17-18)15(20)19-10(2)7-12-8-16-6-5-14(12)19/h5-6,8-10H,4,7H2,1-3H3/t10-/m0/s1. The summed E-state index contributed by atoms with van der Waals surface area (Å²) in [7, 11) is 0. The molecule has 3 heterocycles. The van der Waals surface area contributed by atoms with E-state index in [1.807, 2.05) is 35.7 Å². The third-order valence-electron chi connectivity index (χ3n) is 3.95. The Morgan fingerprint density at radius 2 is 2.25 bits per heavy atom. The Balaban J connectivity index is 2.00. The molecular formula is C15H18N4O. The van der Waals surface area contributed by atoms with Crippen LogP contribution in [0.2, 0.25) is 0 Å². The van der Waals surface area contributed by atoms with Crippen molar-refractivity contribution in [3.05, 3.63) is 41.5 Å². The molecule has 0 aliphatic carbocycles. The van der Waals surface area contributed by atoms with E-state index in [-0.39, 0.29) is 11.9 Å². The highest BCUT2D eigenvalue weighted by Crippen LogP contribution is 2.32. The lowest BCUT2D eigenvalue weighted by atomic mass is 10.2. The number of anilines is 1. The minimum Gasteiger partial charge on any atom is -0.305 e. The van der Waals surface area contributed by atoms with Crippen molar-refractivity contribution in [2.75, 3.05) is 4.90 Å². The molecule has 1 aliphatic heterocycles. The molecule has 0 fully saturated rings. The largest absolute Gasteiger partial charge is 0.305 e. The molecule has 2 aromatic heterocycles. The topological polar surface area (TPSA) is 51.0 Å². The predicted molar refractivity (Wildman–Crippen MR) is 76.9 cm³/mol. The van der Waals surface area contributed by atoms with E-state index in [2.05, 4.69) is 17.0 Å². The van der Waals surface area contributed by atoms with Crippen LogP contribution >= 0.6 is 0 Å². The summed E-state index contributed by atoms with van der Waals surface area (Å²) >= 11 is 0. The van der Waals surface area contributed by atoms with E-state index < -0.39 is 0 Å². The van der Waals surface area contributed by atoms with Gasteiger partial charge in [-0.1, -0.05) is 0 Å². The molecule has 3 rings (SSSR count). The lowest BCUT2D eigenvalue weighted by Gasteiger charge is -2.22. The average molecular weight is 270 g/mol. The molecule has 20 heavy (non-hydrogen) atoms. The van der Waals surface area contributed by atoms with Crippen LogP contribution in [0.1, 0.15) is 35.5 Å². The van der Waals surface area contributed by atoms with Crippen molar-refractivity contribution in [2.45, 2.75) is 39.8 Å². The maximum Gasteiger partial charge on any atom is 0.262 e. The Kier molecular flexibility index (Phi) is 3.04. The number of carbonyl (C=O) groups excluding carboxylic acids is 1. The minimum absolute atomic E-state index is 0.0275. The first-order valence-corrected chi connectivity index (χ1v) is 6.92. The molecule has 5 heteroatoms. The number of aromatic nitrogens is 3. The van der Waals surface area contributed by atoms with E-state index in [1.165, 1.54) is 0 Å². The Morgan fingerprint density at radius 1 is 1.45 bits per heavy atom. The Labute approximate surface area is 118 Å². The van der Waals surface area contributed by atoms with Crippen LogP contribution in [0.5, 0.6) is 0 Å². The van der Waals surface area contributed by atoms with E-state index in [4.69, 9.17) is 0 Å². The summed E-state index contributed by atoms with van der Waals surface area (Å²) in [5, 5.41) is 4.26. The van der Waals surface area contributed by atoms with Crippen LogP contribution in [-0.4, -0.2) is 26.7 Å². The van der Waals surface area contributed by atoms with Crippen LogP contribution in [0.25, 0.3) is 0 Å². The fourth-order valence-electron chi connectivity index (χ4n) is 2.87. The summed E-state index contributed by atoms with van der Waals surface area (Å²) in [6.07, 6.45) is 6.11. The first kappa shape index (κ1) is 12.8. The van der Waals surface area contributed by atoms with Crippen molar-refractivity contribution < 1.29 is 4.79 Å². The van der Waals surface area contributed by atoms with Crippen LogP contribution in [0.3, 0.4) is 0 Å². The predicted octanol–water partition coefficient (Wildman–Crippen LogP) is 2.20. The van der Waals surface area contributed by atoms with E-state index >= 15 is 0 Å². The molecule has 2 aromatic rings. The van der Waals surface area contributed by atoms with Crippen molar-refractivity contribution in [2.24, 2.45) is 0 Å². The van der Waals surface area contributed by atoms with E-state index in [9.17, 15) is 4.79 Å². The van der Waals surface area contributed by atoms with Crippen LogP contribution in [0, 0.1) is 6.92 Å². The highest BCUT2D eigenvalue weighted by Gasteiger charge is 2.32. The van der Waals surface area contributed by atoms with Crippen molar-refractivity contribution in [3.63, 3.8) is 0 Å². The number of rotatable bonds is 2. The molecule has 0 bridgehead atoms. The highest BCUT2D eigenvalue weighted by molar-refractivity contribution is 6.08. The summed E-state index contributed by atoms with van der Waals surface area (Å²) in [6.45, 7) is 6.80. The number of amides is 1. The zero-order valence-corrected chi connectivity index (χ0v) is 12.0. The molecule has 1 aliphatic rings. The summed E-state index contributed by atoms with van der Waals surface area (Å²) < 4.78 is 1.85. The Hall–Kier alpha value is -2.17.